The number of Topliss-reactive ketones (excluding diaryl/α,β-unsaturated/α-hetero) is 2. The summed E-state index contributed by atoms with van der Waals surface area (Å²) in [5.41, 5.74) is 0.134. The van der Waals surface area contributed by atoms with E-state index < -0.39 is 24.0 Å². The number of hydrogen-bond donors (Lipinski definition) is 2. The molecule has 6 nitrogen and oxygen atoms in total. The van der Waals surface area contributed by atoms with Crippen molar-refractivity contribution in [3.05, 3.63) is 18.2 Å². The minimum absolute atomic E-state index is 0.134. The average Bonchev–Trinajstić information content (AvgIpc) is 2.55. The number of aromatic amines is 1. The summed E-state index contributed by atoms with van der Waals surface area (Å²) in [7, 11) is 0. The third kappa shape index (κ3) is 2.22. The van der Waals surface area contributed by atoms with Crippen molar-refractivity contribution in [3.63, 3.8) is 0 Å². The number of carboxylic acid groups (broad SMARTS) is 1. The van der Waals surface area contributed by atoms with Crippen molar-refractivity contribution in [2.24, 2.45) is 0 Å². The Balaban J connectivity index is 2.62. The van der Waals surface area contributed by atoms with Crippen LogP contribution in [0.15, 0.2) is 12.5 Å². The second kappa shape index (κ2) is 3.61. The number of H-pyrrole nitrogens is 1. The lowest BCUT2D eigenvalue weighted by Gasteiger charge is -1.92. The topological polar surface area (TPSA) is 100 Å². The van der Waals surface area contributed by atoms with Crippen molar-refractivity contribution in [3.8, 4) is 0 Å². The Morgan fingerprint density at radius 1 is 1.46 bits per heavy atom. The molecule has 0 spiro atoms. The van der Waals surface area contributed by atoms with Gasteiger partial charge < -0.3 is 10.1 Å². The number of nitrogens with zero attached hydrogens (tertiary/aromatic N) is 1. The van der Waals surface area contributed by atoms with Crippen LogP contribution in [0.4, 0.5) is 0 Å². The third-order valence-electron chi connectivity index (χ3n) is 1.36. The van der Waals surface area contributed by atoms with E-state index in [1.54, 1.807) is 0 Å². The van der Waals surface area contributed by atoms with Crippen LogP contribution in [0.25, 0.3) is 0 Å². The maximum absolute atomic E-state index is 11.1. The number of carboxylic acids is 1. The van der Waals surface area contributed by atoms with Crippen LogP contribution in [0, 0.1) is 0 Å². The van der Waals surface area contributed by atoms with Crippen molar-refractivity contribution in [2.45, 2.75) is 6.42 Å². The summed E-state index contributed by atoms with van der Waals surface area (Å²) in [6, 6.07) is 0. The lowest BCUT2D eigenvalue weighted by Crippen LogP contribution is -2.17. The molecule has 0 aromatic carbocycles. The first-order valence-electron chi connectivity index (χ1n) is 3.39. The van der Waals surface area contributed by atoms with Crippen molar-refractivity contribution in [1.29, 1.82) is 0 Å². The molecule has 2 N–H and O–H groups in total. The number of rotatable bonds is 4. The van der Waals surface area contributed by atoms with Gasteiger partial charge in [0.2, 0.25) is 5.78 Å². The van der Waals surface area contributed by atoms with Gasteiger partial charge in [0.15, 0.2) is 5.78 Å². The van der Waals surface area contributed by atoms with Crippen LogP contribution in [-0.2, 0) is 9.59 Å². The van der Waals surface area contributed by atoms with E-state index in [-0.39, 0.29) is 5.69 Å². The molecule has 0 aliphatic carbocycles. The van der Waals surface area contributed by atoms with Crippen LogP contribution in [0.3, 0.4) is 0 Å². The van der Waals surface area contributed by atoms with Gasteiger partial charge in [0.05, 0.1) is 18.9 Å². The van der Waals surface area contributed by atoms with Crippen LogP contribution in [0.2, 0.25) is 0 Å². The van der Waals surface area contributed by atoms with E-state index in [0.29, 0.717) is 0 Å². The molecule has 0 fully saturated rings. The molecular formula is C7H6N2O4. The number of imidazole rings is 1. The smallest absolute Gasteiger partial charge is 0.372 e. The molecule has 1 aromatic rings. The minimum Gasteiger partial charge on any atom is -0.475 e. The SMILES string of the molecule is O=C(O)C(=O)CC(=O)c1cnc[nH]1. The summed E-state index contributed by atoms with van der Waals surface area (Å²) in [6.45, 7) is 0. The number of carbonyl (C=O) groups excluding carboxylic acids is 2. The predicted octanol–water partition coefficient (Wildman–Crippen LogP) is -0.364. The first-order chi connectivity index (χ1) is 6.11. The van der Waals surface area contributed by atoms with Crippen LogP contribution in [-0.4, -0.2) is 32.6 Å². The average molecular weight is 182 g/mol. The molecule has 0 unspecified atom stereocenters. The van der Waals surface area contributed by atoms with Crippen LogP contribution < -0.4 is 0 Å². The highest BCUT2D eigenvalue weighted by Crippen LogP contribution is 1.98. The first kappa shape index (κ1) is 9.11. The molecule has 0 saturated heterocycles. The molecule has 0 saturated carbocycles. The number of carbonyl (C=O) groups is 3. The zero-order valence-electron chi connectivity index (χ0n) is 6.48. The number of nitrogens with one attached hydrogen (secondary N) is 1. The number of aliphatic carboxylic acids is 1. The second-order valence-electron chi connectivity index (χ2n) is 2.29. The van der Waals surface area contributed by atoms with Gasteiger partial charge in [-0.25, -0.2) is 9.78 Å². The third-order valence-corrected chi connectivity index (χ3v) is 1.36. The van der Waals surface area contributed by atoms with Gasteiger partial charge >= 0.3 is 5.97 Å². The van der Waals surface area contributed by atoms with Gasteiger partial charge in [0, 0.05) is 0 Å². The second-order valence-corrected chi connectivity index (χ2v) is 2.29. The summed E-state index contributed by atoms with van der Waals surface area (Å²) in [4.78, 5) is 37.8. The van der Waals surface area contributed by atoms with Crippen LogP contribution in [0.5, 0.6) is 0 Å². The van der Waals surface area contributed by atoms with Gasteiger partial charge in [-0.1, -0.05) is 0 Å². The zero-order valence-corrected chi connectivity index (χ0v) is 6.48. The molecule has 0 aliphatic rings. The molecular weight excluding hydrogens is 176 g/mol. The largest absolute Gasteiger partial charge is 0.475 e. The monoisotopic (exact) mass is 182 g/mol. The van der Waals surface area contributed by atoms with Crippen molar-refractivity contribution in [2.75, 3.05) is 0 Å². The van der Waals surface area contributed by atoms with Crippen molar-refractivity contribution < 1.29 is 19.5 Å². The highest BCUT2D eigenvalue weighted by molar-refractivity contribution is 6.37. The van der Waals surface area contributed by atoms with Gasteiger partial charge in [-0.2, -0.15) is 0 Å². The fourth-order valence-electron chi connectivity index (χ4n) is 0.725. The van der Waals surface area contributed by atoms with Gasteiger partial charge in [0.1, 0.15) is 5.69 Å². The van der Waals surface area contributed by atoms with E-state index in [0.717, 1.165) is 0 Å². The van der Waals surface area contributed by atoms with E-state index in [1.165, 1.54) is 12.5 Å². The van der Waals surface area contributed by atoms with Gasteiger partial charge in [-0.3, -0.25) is 9.59 Å². The minimum atomic E-state index is -1.60. The highest BCUT2D eigenvalue weighted by atomic mass is 16.4. The number of ketones is 2. The van der Waals surface area contributed by atoms with E-state index in [4.69, 9.17) is 5.11 Å². The molecule has 0 aliphatic heterocycles. The molecule has 0 bridgehead atoms. The maximum atomic E-state index is 11.1. The quantitative estimate of drug-likeness (QED) is 0.376. The molecule has 1 heterocycles. The van der Waals surface area contributed by atoms with E-state index in [1.807, 2.05) is 0 Å². The van der Waals surface area contributed by atoms with Crippen molar-refractivity contribution >= 4 is 17.5 Å². The Bertz CT molecular complexity index is 341. The van der Waals surface area contributed by atoms with E-state index >= 15 is 0 Å². The van der Waals surface area contributed by atoms with E-state index in [9.17, 15) is 14.4 Å². The number of hydrogen-bond acceptors (Lipinski definition) is 4. The van der Waals surface area contributed by atoms with Crippen molar-refractivity contribution in [1.82, 2.24) is 9.97 Å². The molecule has 1 aromatic heterocycles. The lowest BCUT2D eigenvalue weighted by atomic mass is 10.1. The van der Waals surface area contributed by atoms with Gasteiger partial charge in [0.25, 0.3) is 0 Å². The summed E-state index contributed by atoms with van der Waals surface area (Å²) in [5.74, 6) is -3.31. The Morgan fingerprint density at radius 2 is 2.15 bits per heavy atom. The Morgan fingerprint density at radius 3 is 2.62 bits per heavy atom. The highest BCUT2D eigenvalue weighted by Gasteiger charge is 2.18. The molecule has 0 amide bonds. The zero-order chi connectivity index (χ0) is 9.84. The standard InChI is InChI=1S/C7H6N2O4/c10-5(1-6(11)7(12)13)4-2-8-3-9-4/h2-3H,1H2,(H,8,9)(H,12,13). The summed E-state index contributed by atoms with van der Waals surface area (Å²) in [5, 5.41) is 8.20. The fraction of sp³-hybridized carbons (Fsp3) is 0.143. The predicted molar refractivity (Wildman–Crippen MR) is 40.2 cm³/mol. The molecule has 6 heteroatoms. The Kier molecular flexibility index (Phi) is 2.53. The summed E-state index contributed by atoms with van der Waals surface area (Å²) < 4.78 is 0. The van der Waals surface area contributed by atoms with Crippen LogP contribution >= 0.6 is 0 Å². The molecule has 68 valence electrons. The van der Waals surface area contributed by atoms with Gasteiger partial charge in [-0.15, -0.1) is 0 Å². The maximum Gasteiger partial charge on any atom is 0.372 e. The van der Waals surface area contributed by atoms with Gasteiger partial charge in [-0.05, 0) is 0 Å². The Labute approximate surface area is 72.6 Å². The fourth-order valence-corrected chi connectivity index (χ4v) is 0.725. The summed E-state index contributed by atoms with van der Waals surface area (Å²) in [6.07, 6.45) is 1.87. The lowest BCUT2D eigenvalue weighted by molar-refractivity contribution is -0.148. The molecule has 0 atom stereocenters. The Hall–Kier alpha value is -1.98. The number of aromatic nitrogens is 2. The molecule has 0 radical (unpaired) electrons. The van der Waals surface area contributed by atoms with E-state index in [2.05, 4.69) is 9.97 Å². The first-order valence-corrected chi connectivity index (χ1v) is 3.39. The molecule has 13 heavy (non-hydrogen) atoms. The summed E-state index contributed by atoms with van der Waals surface area (Å²) >= 11 is 0. The van der Waals surface area contributed by atoms with Crippen LogP contribution in [0.1, 0.15) is 16.9 Å². The molecule has 1 rings (SSSR count). The normalized spacial score (nSPS) is 9.54.